The van der Waals surface area contributed by atoms with Crippen molar-refractivity contribution in [3.63, 3.8) is 0 Å². The Labute approximate surface area is 188 Å². The molecular formula is C25H29N3O4. The molecular weight excluding hydrogens is 406 g/mol. The Bertz CT molecular complexity index is 1090. The molecule has 0 amide bonds. The Balaban J connectivity index is 1.67. The Morgan fingerprint density at radius 1 is 1.06 bits per heavy atom. The van der Waals surface area contributed by atoms with Crippen molar-refractivity contribution in [2.75, 3.05) is 0 Å². The van der Waals surface area contributed by atoms with Gasteiger partial charge in [0.2, 0.25) is 5.88 Å². The van der Waals surface area contributed by atoms with Gasteiger partial charge < -0.3 is 14.3 Å². The number of ether oxygens (including phenoxy) is 2. The van der Waals surface area contributed by atoms with Crippen molar-refractivity contribution in [1.29, 1.82) is 0 Å². The summed E-state index contributed by atoms with van der Waals surface area (Å²) in [5.74, 6) is 0.965. The maximum absolute atomic E-state index is 12.1. The number of aromatic nitrogens is 2. The maximum Gasteiger partial charge on any atom is 0.338 e. The molecule has 0 unspecified atom stereocenters. The molecule has 0 aliphatic heterocycles. The van der Waals surface area contributed by atoms with Crippen molar-refractivity contribution in [1.82, 2.24) is 9.78 Å². The molecule has 1 aromatic heterocycles. The maximum atomic E-state index is 12.1. The first-order valence-corrected chi connectivity index (χ1v) is 10.4. The third-order valence-corrected chi connectivity index (χ3v) is 4.51. The molecule has 168 valence electrons. The molecule has 0 saturated carbocycles. The van der Waals surface area contributed by atoms with E-state index in [4.69, 9.17) is 14.3 Å². The molecule has 1 heterocycles. The summed E-state index contributed by atoms with van der Waals surface area (Å²) in [5, 5.41) is 8.72. The number of aryl methyl sites for hydroxylation is 2. The van der Waals surface area contributed by atoms with Crippen molar-refractivity contribution in [3.05, 3.63) is 77.0 Å². The lowest BCUT2D eigenvalue weighted by molar-refractivity contribution is 0.00694. The van der Waals surface area contributed by atoms with E-state index < -0.39 is 5.60 Å². The van der Waals surface area contributed by atoms with E-state index in [1.54, 1.807) is 16.8 Å². The monoisotopic (exact) mass is 435 g/mol. The smallest absolute Gasteiger partial charge is 0.338 e. The van der Waals surface area contributed by atoms with Gasteiger partial charge in [-0.3, -0.25) is 0 Å². The van der Waals surface area contributed by atoms with E-state index in [2.05, 4.69) is 10.3 Å². The summed E-state index contributed by atoms with van der Waals surface area (Å²) >= 11 is 0. The predicted molar refractivity (Wildman–Crippen MR) is 123 cm³/mol. The van der Waals surface area contributed by atoms with Gasteiger partial charge >= 0.3 is 5.97 Å². The fourth-order valence-corrected chi connectivity index (χ4v) is 3.09. The number of hydrogen-bond acceptors (Lipinski definition) is 6. The summed E-state index contributed by atoms with van der Waals surface area (Å²) in [6.07, 6.45) is 0. The second kappa shape index (κ2) is 9.68. The number of nitrogens with zero attached hydrogens (tertiary/aromatic N) is 3. The minimum Gasteiger partial charge on any atom is -0.456 e. The van der Waals surface area contributed by atoms with E-state index in [9.17, 15) is 4.79 Å². The van der Waals surface area contributed by atoms with Gasteiger partial charge in [0, 0.05) is 7.05 Å². The Morgan fingerprint density at radius 3 is 2.34 bits per heavy atom. The van der Waals surface area contributed by atoms with Crippen LogP contribution in [-0.2, 0) is 23.2 Å². The van der Waals surface area contributed by atoms with Gasteiger partial charge in [0.05, 0.1) is 22.5 Å². The van der Waals surface area contributed by atoms with Gasteiger partial charge in [-0.05, 0) is 64.4 Å². The summed E-state index contributed by atoms with van der Waals surface area (Å²) in [7, 11) is 1.83. The molecule has 0 fully saturated rings. The lowest BCUT2D eigenvalue weighted by atomic mass is 10.1. The van der Waals surface area contributed by atoms with Gasteiger partial charge in [0.15, 0.2) is 0 Å². The Morgan fingerprint density at radius 2 is 1.72 bits per heavy atom. The molecule has 3 aromatic rings. The molecule has 0 bridgehead atoms. The summed E-state index contributed by atoms with van der Waals surface area (Å²) in [4.78, 5) is 17.7. The first-order chi connectivity index (χ1) is 15.1. The van der Waals surface area contributed by atoms with E-state index in [-0.39, 0.29) is 12.6 Å². The number of esters is 1. The van der Waals surface area contributed by atoms with E-state index in [0.717, 1.165) is 22.6 Å². The van der Waals surface area contributed by atoms with Gasteiger partial charge in [0.25, 0.3) is 0 Å². The van der Waals surface area contributed by atoms with Crippen molar-refractivity contribution in [2.45, 2.75) is 46.8 Å². The van der Waals surface area contributed by atoms with Crippen LogP contribution >= 0.6 is 0 Å². The zero-order chi connectivity index (χ0) is 23.3. The second-order valence-electron chi connectivity index (χ2n) is 8.45. The van der Waals surface area contributed by atoms with Crippen LogP contribution in [0.3, 0.4) is 0 Å². The van der Waals surface area contributed by atoms with Crippen LogP contribution in [0.2, 0.25) is 0 Å². The summed E-state index contributed by atoms with van der Waals surface area (Å²) < 4.78 is 13.1. The van der Waals surface area contributed by atoms with Crippen molar-refractivity contribution in [2.24, 2.45) is 12.2 Å². The lowest BCUT2D eigenvalue weighted by Gasteiger charge is -2.19. The number of rotatable bonds is 7. The van der Waals surface area contributed by atoms with Crippen LogP contribution < -0.4 is 4.74 Å². The van der Waals surface area contributed by atoms with Crippen molar-refractivity contribution in [3.8, 4) is 11.6 Å². The van der Waals surface area contributed by atoms with Gasteiger partial charge in [-0.15, -0.1) is 0 Å². The quantitative estimate of drug-likeness (QED) is 0.281. The first kappa shape index (κ1) is 23.1. The van der Waals surface area contributed by atoms with Crippen LogP contribution in [0.5, 0.6) is 11.6 Å². The molecule has 0 N–H and O–H groups in total. The van der Waals surface area contributed by atoms with Gasteiger partial charge in [0.1, 0.15) is 18.0 Å². The second-order valence-corrected chi connectivity index (χ2v) is 8.45. The highest BCUT2D eigenvalue weighted by Crippen LogP contribution is 2.28. The molecule has 7 heteroatoms. The van der Waals surface area contributed by atoms with Crippen LogP contribution in [0, 0.1) is 6.92 Å². The number of carbonyl (C=O) groups is 1. The molecule has 0 aliphatic rings. The molecule has 32 heavy (non-hydrogen) atoms. The molecule has 7 nitrogen and oxygen atoms in total. The minimum absolute atomic E-state index is 0.264. The third kappa shape index (κ3) is 5.97. The summed E-state index contributed by atoms with van der Waals surface area (Å²) in [5.41, 5.74) is 3.10. The summed E-state index contributed by atoms with van der Waals surface area (Å²) in [6.45, 7) is 9.55. The van der Waals surface area contributed by atoms with Crippen LogP contribution in [0.1, 0.15) is 54.9 Å². The van der Waals surface area contributed by atoms with Crippen LogP contribution in [0.25, 0.3) is 0 Å². The highest BCUT2D eigenvalue weighted by atomic mass is 16.6. The Hall–Kier alpha value is -3.61. The molecule has 0 spiro atoms. The average Bonchev–Trinajstić information content (AvgIpc) is 3.01. The van der Waals surface area contributed by atoms with Crippen molar-refractivity contribution < 1.29 is 19.1 Å². The molecule has 0 aliphatic carbocycles. The van der Waals surface area contributed by atoms with Crippen molar-refractivity contribution >= 4 is 11.7 Å². The molecule has 0 saturated heterocycles. The standard InChI is InChI=1S/C25H29N3O4/c1-17-22(23(28(6)26-17)31-21-10-8-7-9-11-21)18(2)27-30-16-19-12-14-20(15-13-19)24(29)32-25(3,4)5/h7-15H,16H2,1-6H3. The van der Waals surface area contributed by atoms with Crippen LogP contribution in [0.15, 0.2) is 59.8 Å². The zero-order valence-corrected chi connectivity index (χ0v) is 19.4. The minimum atomic E-state index is -0.529. The number of carbonyl (C=O) groups excluding carboxylic acids is 1. The number of benzene rings is 2. The number of para-hydroxylation sites is 1. The zero-order valence-electron chi connectivity index (χ0n) is 19.4. The van der Waals surface area contributed by atoms with E-state index >= 15 is 0 Å². The van der Waals surface area contributed by atoms with Crippen LogP contribution in [-0.4, -0.2) is 27.1 Å². The van der Waals surface area contributed by atoms with Gasteiger partial charge in [-0.1, -0.05) is 35.5 Å². The third-order valence-electron chi connectivity index (χ3n) is 4.51. The van der Waals surface area contributed by atoms with E-state index in [1.165, 1.54) is 0 Å². The van der Waals surface area contributed by atoms with E-state index in [0.29, 0.717) is 17.2 Å². The normalized spacial score (nSPS) is 11.9. The number of hydrogen-bond donors (Lipinski definition) is 0. The lowest BCUT2D eigenvalue weighted by Crippen LogP contribution is -2.23. The highest BCUT2D eigenvalue weighted by Gasteiger charge is 2.19. The first-order valence-electron chi connectivity index (χ1n) is 10.4. The average molecular weight is 436 g/mol. The van der Waals surface area contributed by atoms with E-state index in [1.807, 2.05) is 84.1 Å². The molecule has 3 rings (SSSR count). The molecule has 0 atom stereocenters. The number of oxime groups is 1. The fraction of sp³-hybridized carbons (Fsp3) is 0.320. The highest BCUT2D eigenvalue weighted by molar-refractivity contribution is 6.01. The molecule has 2 aromatic carbocycles. The largest absolute Gasteiger partial charge is 0.456 e. The SMILES string of the molecule is CC(=NOCc1ccc(C(=O)OC(C)(C)C)cc1)c1c(C)nn(C)c1Oc1ccccc1. The molecule has 0 radical (unpaired) electrons. The Kier molecular flexibility index (Phi) is 6.98. The topological polar surface area (TPSA) is 74.9 Å². The summed E-state index contributed by atoms with van der Waals surface area (Å²) in [6, 6.07) is 16.6. The van der Waals surface area contributed by atoms with Crippen LogP contribution in [0.4, 0.5) is 0 Å². The predicted octanol–water partition coefficient (Wildman–Crippen LogP) is 5.42. The van der Waals surface area contributed by atoms with Gasteiger partial charge in [-0.2, -0.15) is 5.10 Å². The van der Waals surface area contributed by atoms with Gasteiger partial charge in [-0.25, -0.2) is 9.48 Å². The fourth-order valence-electron chi connectivity index (χ4n) is 3.09.